The van der Waals surface area contributed by atoms with E-state index in [2.05, 4.69) is 5.32 Å². The maximum absolute atomic E-state index is 11.3. The summed E-state index contributed by atoms with van der Waals surface area (Å²) in [5.41, 5.74) is 0. The molecule has 2 N–H and O–H groups in total. The zero-order valence-electron chi connectivity index (χ0n) is 11.6. The molecule has 0 aliphatic heterocycles. The summed E-state index contributed by atoms with van der Waals surface area (Å²) in [6, 6.07) is 0. The lowest BCUT2D eigenvalue weighted by molar-refractivity contribution is -0.145. The van der Waals surface area contributed by atoms with Crippen LogP contribution in [-0.4, -0.2) is 61.8 Å². The Kier molecular flexibility index (Phi) is 8.32. The Hall–Kier alpha value is -1.14. The largest absolute Gasteiger partial charge is 0.466 e. The van der Waals surface area contributed by atoms with Gasteiger partial charge in [-0.1, -0.05) is 6.92 Å². The molecular formula is C12H24N2O4. The smallest absolute Gasteiger partial charge is 0.308 e. The van der Waals surface area contributed by atoms with Gasteiger partial charge in [-0.05, 0) is 14.0 Å². The molecule has 0 aromatic carbocycles. The Labute approximate surface area is 108 Å². The van der Waals surface area contributed by atoms with Crippen LogP contribution in [0.3, 0.4) is 0 Å². The Bertz CT molecular complexity index is 271. The molecule has 2 unspecified atom stereocenters. The van der Waals surface area contributed by atoms with Crippen LogP contribution in [0.2, 0.25) is 0 Å². The van der Waals surface area contributed by atoms with Gasteiger partial charge in [0.15, 0.2) is 0 Å². The summed E-state index contributed by atoms with van der Waals surface area (Å²) in [4.78, 5) is 24.3. The van der Waals surface area contributed by atoms with E-state index in [0.717, 1.165) is 0 Å². The van der Waals surface area contributed by atoms with Gasteiger partial charge in [0.2, 0.25) is 5.91 Å². The molecule has 0 heterocycles. The summed E-state index contributed by atoms with van der Waals surface area (Å²) >= 11 is 0. The second-order valence-corrected chi connectivity index (χ2v) is 4.40. The number of nitrogens with one attached hydrogen (secondary N) is 1. The van der Waals surface area contributed by atoms with Crippen LogP contribution in [0.25, 0.3) is 0 Å². The van der Waals surface area contributed by atoms with Crippen LogP contribution in [0.4, 0.5) is 0 Å². The molecule has 18 heavy (non-hydrogen) atoms. The van der Waals surface area contributed by atoms with Gasteiger partial charge in [0, 0.05) is 26.1 Å². The van der Waals surface area contributed by atoms with Crippen LogP contribution in [0, 0.1) is 5.92 Å². The van der Waals surface area contributed by atoms with Crippen LogP contribution >= 0.6 is 0 Å². The monoisotopic (exact) mass is 260 g/mol. The SMILES string of the molecule is CCOC(=O)CC(O)CN(C)CC(C)C(=O)NC. The van der Waals surface area contributed by atoms with Crippen LogP contribution in [0.15, 0.2) is 0 Å². The molecule has 0 bridgehead atoms. The number of esters is 1. The van der Waals surface area contributed by atoms with Crippen molar-refractivity contribution in [3.8, 4) is 0 Å². The number of amides is 1. The van der Waals surface area contributed by atoms with Crippen molar-refractivity contribution in [2.45, 2.75) is 26.4 Å². The number of ether oxygens (including phenoxy) is 1. The predicted molar refractivity (Wildman–Crippen MR) is 68.0 cm³/mol. The lowest BCUT2D eigenvalue weighted by atomic mass is 10.1. The number of nitrogens with zero attached hydrogens (tertiary/aromatic N) is 1. The molecule has 0 saturated carbocycles. The number of aliphatic hydroxyl groups is 1. The van der Waals surface area contributed by atoms with Crippen molar-refractivity contribution in [3.05, 3.63) is 0 Å². The molecule has 0 aromatic heterocycles. The number of likely N-dealkylation sites (N-methyl/N-ethyl adjacent to an activating group) is 1. The zero-order valence-corrected chi connectivity index (χ0v) is 11.6. The molecule has 0 rings (SSSR count). The maximum Gasteiger partial charge on any atom is 0.308 e. The topological polar surface area (TPSA) is 78.9 Å². The van der Waals surface area contributed by atoms with Crippen molar-refractivity contribution in [1.29, 1.82) is 0 Å². The minimum atomic E-state index is -0.772. The third kappa shape index (κ3) is 7.24. The van der Waals surface area contributed by atoms with Crippen molar-refractivity contribution in [1.82, 2.24) is 10.2 Å². The molecule has 1 amide bonds. The fraction of sp³-hybridized carbons (Fsp3) is 0.833. The van der Waals surface area contributed by atoms with E-state index in [-0.39, 0.29) is 18.2 Å². The van der Waals surface area contributed by atoms with E-state index in [4.69, 9.17) is 4.74 Å². The maximum atomic E-state index is 11.3. The van der Waals surface area contributed by atoms with E-state index in [1.54, 1.807) is 21.0 Å². The third-order valence-electron chi connectivity index (χ3n) is 2.51. The van der Waals surface area contributed by atoms with Crippen molar-refractivity contribution >= 4 is 11.9 Å². The fourth-order valence-electron chi connectivity index (χ4n) is 1.71. The Morgan fingerprint density at radius 1 is 1.39 bits per heavy atom. The summed E-state index contributed by atoms with van der Waals surface area (Å²) in [7, 11) is 3.39. The zero-order chi connectivity index (χ0) is 14.1. The number of hydrogen-bond acceptors (Lipinski definition) is 5. The van der Waals surface area contributed by atoms with E-state index in [1.165, 1.54) is 0 Å². The van der Waals surface area contributed by atoms with Gasteiger partial charge in [-0.2, -0.15) is 0 Å². The molecule has 2 atom stereocenters. The molecule has 0 spiro atoms. The molecule has 0 aliphatic rings. The number of rotatable bonds is 8. The van der Waals surface area contributed by atoms with E-state index >= 15 is 0 Å². The first-order chi connectivity index (χ1) is 8.40. The molecule has 106 valence electrons. The Morgan fingerprint density at radius 3 is 2.50 bits per heavy atom. The van der Waals surface area contributed by atoms with Crippen molar-refractivity contribution in [3.63, 3.8) is 0 Å². The lowest BCUT2D eigenvalue weighted by Gasteiger charge is -2.22. The average molecular weight is 260 g/mol. The quantitative estimate of drug-likeness (QED) is 0.581. The summed E-state index contributed by atoms with van der Waals surface area (Å²) < 4.78 is 4.75. The van der Waals surface area contributed by atoms with Gasteiger partial charge in [-0.3, -0.25) is 9.59 Å². The van der Waals surface area contributed by atoms with Crippen molar-refractivity contribution in [2.75, 3.05) is 33.8 Å². The Balaban J connectivity index is 3.96. The van der Waals surface area contributed by atoms with Gasteiger partial charge in [0.25, 0.3) is 0 Å². The first kappa shape index (κ1) is 16.9. The summed E-state index contributed by atoms with van der Waals surface area (Å²) in [6.45, 7) is 4.71. The number of carbonyl (C=O) groups is 2. The van der Waals surface area contributed by atoms with Gasteiger partial charge in [-0.15, -0.1) is 0 Å². The van der Waals surface area contributed by atoms with Crippen molar-refractivity contribution < 1.29 is 19.4 Å². The van der Waals surface area contributed by atoms with Gasteiger partial charge in [-0.25, -0.2) is 0 Å². The van der Waals surface area contributed by atoms with Gasteiger partial charge >= 0.3 is 5.97 Å². The molecule has 0 fully saturated rings. The minimum Gasteiger partial charge on any atom is -0.466 e. The van der Waals surface area contributed by atoms with E-state index in [9.17, 15) is 14.7 Å². The van der Waals surface area contributed by atoms with E-state index in [1.807, 2.05) is 11.8 Å². The molecule has 0 aromatic rings. The molecule has 0 radical (unpaired) electrons. The second kappa shape index (κ2) is 8.88. The highest BCUT2D eigenvalue weighted by atomic mass is 16.5. The van der Waals surface area contributed by atoms with Crippen LogP contribution in [0.5, 0.6) is 0 Å². The fourth-order valence-corrected chi connectivity index (χ4v) is 1.71. The average Bonchev–Trinajstić information content (AvgIpc) is 2.27. The Morgan fingerprint density at radius 2 is 2.00 bits per heavy atom. The standard InChI is InChI=1S/C12H24N2O4/c1-5-18-11(16)6-10(15)8-14(4)7-9(2)12(17)13-3/h9-10,15H,5-8H2,1-4H3,(H,13,17). The first-order valence-electron chi connectivity index (χ1n) is 6.14. The van der Waals surface area contributed by atoms with Crippen molar-refractivity contribution in [2.24, 2.45) is 5.92 Å². The second-order valence-electron chi connectivity index (χ2n) is 4.40. The summed E-state index contributed by atoms with van der Waals surface area (Å²) in [6.07, 6.45) is -0.794. The number of carbonyl (C=O) groups excluding carboxylic acids is 2. The molecular weight excluding hydrogens is 236 g/mol. The highest BCUT2D eigenvalue weighted by Crippen LogP contribution is 2.02. The summed E-state index contributed by atoms with van der Waals surface area (Å²) in [5.74, 6) is -0.603. The van der Waals surface area contributed by atoms with E-state index in [0.29, 0.717) is 19.7 Å². The number of aliphatic hydroxyl groups excluding tert-OH is 1. The molecule has 0 saturated heterocycles. The predicted octanol–water partition coefficient (Wildman–Crippen LogP) is -0.386. The third-order valence-corrected chi connectivity index (χ3v) is 2.51. The lowest BCUT2D eigenvalue weighted by Crippen LogP contribution is -2.38. The van der Waals surface area contributed by atoms with Gasteiger partial charge in [0.1, 0.15) is 0 Å². The van der Waals surface area contributed by atoms with Crippen LogP contribution in [0.1, 0.15) is 20.3 Å². The highest BCUT2D eigenvalue weighted by Gasteiger charge is 2.17. The van der Waals surface area contributed by atoms with Gasteiger partial charge < -0.3 is 20.1 Å². The molecule has 0 aliphatic carbocycles. The summed E-state index contributed by atoms with van der Waals surface area (Å²) in [5, 5.41) is 12.3. The van der Waals surface area contributed by atoms with Gasteiger partial charge in [0.05, 0.1) is 19.1 Å². The molecule has 6 nitrogen and oxygen atoms in total. The van der Waals surface area contributed by atoms with Crippen LogP contribution < -0.4 is 5.32 Å². The van der Waals surface area contributed by atoms with E-state index < -0.39 is 12.1 Å². The first-order valence-corrected chi connectivity index (χ1v) is 6.14. The van der Waals surface area contributed by atoms with Crippen LogP contribution in [-0.2, 0) is 14.3 Å². The highest BCUT2D eigenvalue weighted by molar-refractivity contribution is 5.78. The number of hydrogen-bond donors (Lipinski definition) is 2. The minimum absolute atomic E-state index is 0.0213. The molecule has 6 heteroatoms. The normalized spacial score (nSPS) is 14.1.